The summed E-state index contributed by atoms with van der Waals surface area (Å²) in [5.41, 5.74) is 1.09. The molecular formula is C14H19NO4. The molecule has 1 heterocycles. The van der Waals surface area contributed by atoms with Crippen molar-refractivity contribution in [2.45, 2.75) is 13.0 Å². The molecule has 1 N–H and O–H groups in total. The van der Waals surface area contributed by atoms with Crippen LogP contribution >= 0.6 is 0 Å². The van der Waals surface area contributed by atoms with Gasteiger partial charge in [0.05, 0.1) is 20.6 Å². The topological polar surface area (TPSA) is 59.0 Å². The van der Waals surface area contributed by atoms with Crippen LogP contribution in [0.25, 0.3) is 0 Å². The number of carboxylic acid groups (broad SMARTS) is 1. The Balaban J connectivity index is 1.92. The molecule has 5 nitrogen and oxygen atoms in total. The molecular weight excluding hydrogens is 246 g/mol. The van der Waals surface area contributed by atoms with Crippen molar-refractivity contribution >= 4 is 5.97 Å². The fraction of sp³-hybridized carbons (Fsp3) is 0.500. The number of hydrogen-bond donors (Lipinski definition) is 1. The van der Waals surface area contributed by atoms with Crippen LogP contribution < -0.4 is 9.47 Å². The molecule has 1 fully saturated rings. The van der Waals surface area contributed by atoms with Crippen LogP contribution in [0.2, 0.25) is 0 Å². The fourth-order valence-electron chi connectivity index (χ4n) is 2.41. The van der Waals surface area contributed by atoms with Gasteiger partial charge in [0.2, 0.25) is 0 Å². The lowest BCUT2D eigenvalue weighted by Gasteiger charge is -2.38. The van der Waals surface area contributed by atoms with E-state index in [1.165, 1.54) is 0 Å². The number of carbonyl (C=O) groups is 1. The molecule has 0 saturated carbocycles. The predicted molar refractivity (Wildman–Crippen MR) is 70.6 cm³/mol. The molecule has 0 unspecified atom stereocenters. The molecule has 0 amide bonds. The smallest absolute Gasteiger partial charge is 0.303 e. The van der Waals surface area contributed by atoms with E-state index in [2.05, 4.69) is 4.90 Å². The highest BCUT2D eigenvalue weighted by Crippen LogP contribution is 2.28. The summed E-state index contributed by atoms with van der Waals surface area (Å²) in [7, 11) is 3.27. The minimum Gasteiger partial charge on any atom is -0.497 e. The largest absolute Gasteiger partial charge is 0.497 e. The van der Waals surface area contributed by atoms with Crippen LogP contribution in [0.5, 0.6) is 11.5 Å². The van der Waals surface area contributed by atoms with Crippen LogP contribution in [-0.4, -0.2) is 43.3 Å². The zero-order valence-corrected chi connectivity index (χ0v) is 11.3. The van der Waals surface area contributed by atoms with Crippen LogP contribution in [0, 0.1) is 5.92 Å². The monoisotopic (exact) mass is 265 g/mol. The van der Waals surface area contributed by atoms with E-state index in [0.29, 0.717) is 0 Å². The number of methoxy groups -OCH3 is 2. The van der Waals surface area contributed by atoms with Gasteiger partial charge >= 0.3 is 5.97 Å². The molecule has 104 valence electrons. The lowest BCUT2D eigenvalue weighted by molar-refractivity contribution is -0.139. The van der Waals surface area contributed by atoms with Crippen LogP contribution in [0.3, 0.4) is 0 Å². The lowest BCUT2D eigenvalue weighted by atomic mass is 9.95. The van der Waals surface area contributed by atoms with E-state index in [4.69, 9.17) is 14.6 Å². The lowest BCUT2D eigenvalue weighted by Crippen LogP contribution is -2.46. The maximum Gasteiger partial charge on any atom is 0.303 e. The van der Waals surface area contributed by atoms with E-state index >= 15 is 0 Å². The summed E-state index contributed by atoms with van der Waals surface area (Å²) in [5, 5.41) is 8.71. The van der Waals surface area contributed by atoms with Crippen molar-refractivity contribution in [1.29, 1.82) is 0 Å². The summed E-state index contributed by atoms with van der Waals surface area (Å²) < 4.78 is 10.5. The second-order valence-electron chi connectivity index (χ2n) is 4.84. The molecule has 1 saturated heterocycles. The number of benzene rings is 1. The van der Waals surface area contributed by atoms with E-state index in [1.807, 2.05) is 18.2 Å². The summed E-state index contributed by atoms with van der Waals surface area (Å²) in [6.45, 7) is 2.45. The van der Waals surface area contributed by atoms with Gasteiger partial charge in [-0.15, -0.1) is 0 Å². The average molecular weight is 265 g/mol. The van der Waals surface area contributed by atoms with Crippen molar-refractivity contribution < 1.29 is 19.4 Å². The van der Waals surface area contributed by atoms with Gasteiger partial charge in [-0.1, -0.05) is 6.07 Å². The summed E-state index contributed by atoms with van der Waals surface area (Å²) in [6, 6.07) is 5.76. The Hall–Kier alpha value is -1.75. The molecule has 1 aromatic carbocycles. The second-order valence-corrected chi connectivity index (χ2v) is 4.84. The number of ether oxygens (including phenoxy) is 2. The number of nitrogens with zero attached hydrogens (tertiary/aromatic N) is 1. The molecule has 0 spiro atoms. The zero-order chi connectivity index (χ0) is 13.8. The summed E-state index contributed by atoms with van der Waals surface area (Å²) in [5.74, 6) is 1.14. The average Bonchev–Trinajstić information content (AvgIpc) is 2.36. The highest BCUT2D eigenvalue weighted by atomic mass is 16.5. The van der Waals surface area contributed by atoms with Gasteiger partial charge in [-0.2, -0.15) is 0 Å². The first kappa shape index (κ1) is 13.7. The number of aliphatic carboxylic acids is 1. The van der Waals surface area contributed by atoms with E-state index in [1.54, 1.807) is 14.2 Å². The Bertz CT molecular complexity index is 455. The Morgan fingerprint density at radius 3 is 2.68 bits per heavy atom. The maximum absolute atomic E-state index is 10.6. The van der Waals surface area contributed by atoms with Gasteiger partial charge in [0.15, 0.2) is 0 Å². The zero-order valence-electron chi connectivity index (χ0n) is 11.3. The van der Waals surface area contributed by atoms with Gasteiger partial charge in [-0.3, -0.25) is 9.69 Å². The number of hydrogen-bond acceptors (Lipinski definition) is 4. The number of carboxylic acids is 1. The molecule has 0 aromatic heterocycles. The maximum atomic E-state index is 10.6. The van der Waals surface area contributed by atoms with Gasteiger partial charge in [0.25, 0.3) is 0 Å². The third-order valence-electron chi connectivity index (χ3n) is 3.38. The van der Waals surface area contributed by atoms with E-state index < -0.39 is 5.97 Å². The molecule has 1 aliphatic rings. The predicted octanol–water partition coefficient (Wildman–Crippen LogP) is 1.61. The molecule has 0 aliphatic carbocycles. The van der Waals surface area contributed by atoms with Crippen molar-refractivity contribution in [3.05, 3.63) is 23.8 Å². The second kappa shape index (κ2) is 5.93. The van der Waals surface area contributed by atoms with Gasteiger partial charge in [0, 0.05) is 31.3 Å². The van der Waals surface area contributed by atoms with E-state index in [-0.39, 0.29) is 12.3 Å². The number of rotatable bonds is 6. The van der Waals surface area contributed by atoms with Crippen LogP contribution in [0.1, 0.15) is 12.0 Å². The van der Waals surface area contributed by atoms with Gasteiger partial charge in [-0.05, 0) is 12.0 Å². The standard InChI is InChI=1S/C14H19NO4/c1-18-12-4-3-11(13(6-12)19-2)9-15-7-10(8-15)5-14(16)17/h3-4,6,10H,5,7-9H2,1-2H3,(H,16,17). The molecule has 19 heavy (non-hydrogen) atoms. The van der Waals surface area contributed by atoms with Crippen molar-refractivity contribution in [3.8, 4) is 11.5 Å². The Morgan fingerprint density at radius 1 is 1.37 bits per heavy atom. The van der Waals surface area contributed by atoms with E-state index in [9.17, 15) is 4.79 Å². The van der Waals surface area contributed by atoms with E-state index in [0.717, 1.165) is 36.7 Å². The Kier molecular flexibility index (Phi) is 4.27. The van der Waals surface area contributed by atoms with Crippen LogP contribution in [0.15, 0.2) is 18.2 Å². The SMILES string of the molecule is COc1ccc(CN2CC(CC(=O)O)C2)c(OC)c1. The first-order valence-corrected chi connectivity index (χ1v) is 6.27. The van der Waals surface area contributed by atoms with Crippen molar-refractivity contribution in [3.63, 3.8) is 0 Å². The number of likely N-dealkylation sites (tertiary alicyclic amines) is 1. The van der Waals surface area contributed by atoms with Crippen molar-refractivity contribution in [2.24, 2.45) is 5.92 Å². The summed E-state index contributed by atoms with van der Waals surface area (Å²) in [4.78, 5) is 12.8. The molecule has 2 rings (SSSR count). The molecule has 1 aliphatic heterocycles. The third-order valence-corrected chi connectivity index (χ3v) is 3.38. The highest BCUT2D eigenvalue weighted by molar-refractivity contribution is 5.67. The minimum absolute atomic E-state index is 0.260. The third kappa shape index (κ3) is 3.38. The summed E-state index contributed by atoms with van der Waals surface area (Å²) >= 11 is 0. The Labute approximate surface area is 112 Å². The Morgan fingerprint density at radius 2 is 2.11 bits per heavy atom. The quantitative estimate of drug-likeness (QED) is 0.846. The molecule has 0 atom stereocenters. The van der Waals surface area contributed by atoms with Crippen molar-refractivity contribution in [2.75, 3.05) is 27.3 Å². The highest BCUT2D eigenvalue weighted by Gasteiger charge is 2.28. The van der Waals surface area contributed by atoms with Gasteiger partial charge < -0.3 is 14.6 Å². The van der Waals surface area contributed by atoms with Gasteiger partial charge in [-0.25, -0.2) is 0 Å². The van der Waals surface area contributed by atoms with Crippen molar-refractivity contribution in [1.82, 2.24) is 4.90 Å². The molecule has 1 aromatic rings. The first-order chi connectivity index (χ1) is 9.12. The molecule has 0 radical (unpaired) electrons. The first-order valence-electron chi connectivity index (χ1n) is 6.27. The molecule has 5 heteroatoms. The fourth-order valence-corrected chi connectivity index (χ4v) is 2.41. The van der Waals surface area contributed by atoms with Crippen LogP contribution in [-0.2, 0) is 11.3 Å². The minimum atomic E-state index is -0.716. The van der Waals surface area contributed by atoms with Gasteiger partial charge in [0.1, 0.15) is 11.5 Å². The summed E-state index contributed by atoms with van der Waals surface area (Å²) in [6.07, 6.45) is 0.260. The molecule has 0 bridgehead atoms. The normalized spacial score (nSPS) is 15.9. The van der Waals surface area contributed by atoms with Crippen LogP contribution in [0.4, 0.5) is 0 Å².